The molecule has 0 saturated carbocycles. The van der Waals surface area contributed by atoms with Crippen LogP contribution in [0.5, 0.6) is 11.5 Å². The number of nitrogens with zero attached hydrogens (tertiary/aromatic N) is 2. The maximum Gasteiger partial charge on any atom is 0.355 e. The summed E-state index contributed by atoms with van der Waals surface area (Å²) in [6.07, 6.45) is 0.313. The first-order valence-electron chi connectivity index (χ1n) is 10.6. The largest absolute Gasteiger partial charge is 0.458 e. The molecule has 2 unspecified atom stereocenters. The lowest BCUT2D eigenvalue weighted by molar-refractivity contribution is -0.384. The molecule has 3 aliphatic heterocycles. The minimum absolute atomic E-state index is 0.0662. The monoisotopic (exact) mass is 611 g/mol. The molecular formula is C23H22IN3O7S. The number of ether oxygens (including phenoxy) is 2. The summed E-state index contributed by atoms with van der Waals surface area (Å²) in [4.78, 5) is 49.1. The second kappa shape index (κ2) is 9.64. The number of halogens is 1. The van der Waals surface area contributed by atoms with Gasteiger partial charge >= 0.3 is 5.97 Å². The summed E-state index contributed by atoms with van der Waals surface area (Å²) in [6, 6.07) is 13.5. The van der Waals surface area contributed by atoms with Gasteiger partial charge in [0.2, 0.25) is 17.5 Å². The third kappa shape index (κ3) is 4.68. The maximum absolute atomic E-state index is 13.2. The van der Waals surface area contributed by atoms with Crippen molar-refractivity contribution in [2.75, 3.05) is 4.43 Å². The van der Waals surface area contributed by atoms with Crippen molar-refractivity contribution in [2.24, 2.45) is 0 Å². The third-order valence-electron chi connectivity index (χ3n) is 5.88. The standard InChI is InChI=1S/C17H18IN3O6S.C6H4O/c1-10(22)19-17(16(2,9-18)28-14-7-13(23)20(14)17)15(24)27-8-11-3-5-12(6-4-11)21(25)26;1-2-4-6-5(3-1)7-6/h3-6,14H,7-9H2,1-2H3,(H,19,22);1-4H/t14-,16?,17?;/m1./s1. The van der Waals surface area contributed by atoms with Gasteiger partial charge in [0.1, 0.15) is 6.61 Å². The number of nitro benzene ring substituents is 1. The van der Waals surface area contributed by atoms with Crippen molar-refractivity contribution in [2.45, 2.75) is 42.7 Å². The Morgan fingerprint density at radius 2 is 1.89 bits per heavy atom. The molecule has 1 N–H and O–H groups in total. The van der Waals surface area contributed by atoms with Crippen LogP contribution in [0.2, 0.25) is 0 Å². The van der Waals surface area contributed by atoms with Crippen molar-refractivity contribution in [3.63, 3.8) is 0 Å². The number of alkyl halides is 1. The molecule has 3 heterocycles. The number of thioether (sulfide) groups is 1. The van der Waals surface area contributed by atoms with Crippen LogP contribution < -0.4 is 10.1 Å². The number of fused-ring (bicyclic) bond motifs is 2. The maximum atomic E-state index is 13.2. The van der Waals surface area contributed by atoms with Crippen LogP contribution in [-0.4, -0.2) is 47.8 Å². The van der Waals surface area contributed by atoms with E-state index in [2.05, 4.69) is 27.9 Å². The molecule has 0 spiro atoms. The normalized spacial score (nSPS) is 25.1. The Bertz CT molecular complexity index is 1170. The number of benzene rings is 2. The highest BCUT2D eigenvalue weighted by molar-refractivity contribution is 14.1. The SMILES string of the molecule is CC(=O)NC1(C(=O)OCc2ccc([N+](=O)[O-])cc2)N2C(=O)C[C@H]2SC1(C)CI.c1ccc2c(c1)O2. The number of para-hydroxylation sites is 2. The lowest BCUT2D eigenvalue weighted by Gasteiger charge is -2.47. The number of β-lactam (4-membered cyclic amide) rings is 1. The second-order valence-corrected chi connectivity index (χ2v) is 10.8. The number of nitro groups is 1. The van der Waals surface area contributed by atoms with Gasteiger partial charge in [-0.2, -0.15) is 0 Å². The Morgan fingerprint density at radius 3 is 2.37 bits per heavy atom. The molecule has 0 aromatic heterocycles. The van der Waals surface area contributed by atoms with Gasteiger partial charge in [0.25, 0.3) is 5.69 Å². The van der Waals surface area contributed by atoms with E-state index in [1.54, 1.807) is 0 Å². The Hall–Kier alpha value is -2.87. The molecule has 10 nitrogen and oxygen atoms in total. The molecule has 0 radical (unpaired) electrons. The molecule has 3 atom stereocenters. The number of amides is 2. The molecule has 2 saturated heterocycles. The number of hydrogen-bond donors (Lipinski definition) is 1. The zero-order chi connectivity index (χ0) is 25.4. The van der Waals surface area contributed by atoms with E-state index in [4.69, 9.17) is 9.47 Å². The summed E-state index contributed by atoms with van der Waals surface area (Å²) < 4.78 is 10.2. The average Bonchev–Trinajstić information content (AvgIpc) is 3.58. The molecule has 5 rings (SSSR count). The average molecular weight is 611 g/mol. The molecular weight excluding hydrogens is 589 g/mol. The summed E-state index contributed by atoms with van der Waals surface area (Å²) in [5.74, 6) is 0.685. The lowest BCUT2D eigenvalue weighted by atomic mass is 9.89. The highest BCUT2D eigenvalue weighted by Crippen LogP contribution is 2.56. The van der Waals surface area contributed by atoms with E-state index >= 15 is 0 Å². The number of rotatable bonds is 6. The van der Waals surface area contributed by atoms with Crippen molar-refractivity contribution in [1.82, 2.24) is 10.2 Å². The van der Waals surface area contributed by atoms with Crippen molar-refractivity contribution >= 4 is 57.8 Å². The first-order valence-corrected chi connectivity index (χ1v) is 13.0. The van der Waals surface area contributed by atoms with Crippen molar-refractivity contribution in [1.29, 1.82) is 0 Å². The summed E-state index contributed by atoms with van der Waals surface area (Å²) in [6.45, 7) is 2.99. The fourth-order valence-electron chi connectivity index (χ4n) is 4.04. The smallest absolute Gasteiger partial charge is 0.355 e. The highest BCUT2D eigenvalue weighted by atomic mass is 127. The zero-order valence-electron chi connectivity index (χ0n) is 18.9. The van der Waals surface area contributed by atoms with E-state index in [9.17, 15) is 24.5 Å². The summed E-state index contributed by atoms with van der Waals surface area (Å²) >= 11 is 3.61. The predicted molar refractivity (Wildman–Crippen MR) is 136 cm³/mol. The van der Waals surface area contributed by atoms with E-state index in [0.29, 0.717) is 16.4 Å². The molecule has 2 aromatic carbocycles. The molecule has 2 amide bonds. The summed E-state index contributed by atoms with van der Waals surface area (Å²) in [7, 11) is 0. The first-order chi connectivity index (χ1) is 16.6. The number of nitrogens with one attached hydrogen (secondary N) is 1. The van der Waals surface area contributed by atoms with E-state index in [-0.39, 0.29) is 23.6 Å². The third-order valence-corrected chi connectivity index (χ3v) is 9.53. The first kappa shape index (κ1) is 25.2. The Labute approximate surface area is 219 Å². The van der Waals surface area contributed by atoms with Crippen molar-refractivity contribution in [3.8, 4) is 11.5 Å². The number of carbonyl (C=O) groups is 3. The van der Waals surface area contributed by atoms with Gasteiger partial charge in [-0.25, -0.2) is 4.79 Å². The highest BCUT2D eigenvalue weighted by Gasteiger charge is 2.72. The number of carbonyl (C=O) groups excluding carboxylic acids is 3. The molecule has 3 aliphatic rings. The lowest BCUT2D eigenvalue weighted by Crippen LogP contribution is -2.76. The number of non-ortho nitro benzene ring substituents is 1. The quantitative estimate of drug-likeness (QED) is 0.0849. The van der Waals surface area contributed by atoms with Gasteiger partial charge in [0, 0.05) is 23.5 Å². The zero-order valence-corrected chi connectivity index (χ0v) is 21.8. The molecule has 2 aromatic rings. The van der Waals surface area contributed by atoms with Crippen LogP contribution >= 0.6 is 34.4 Å². The fraction of sp³-hybridized carbons (Fsp3) is 0.348. The Morgan fingerprint density at radius 1 is 1.26 bits per heavy atom. The minimum atomic E-state index is -1.59. The molecule has 0 bridgehead atoms. The van der Waals surface area contributed by atoms with Crippen LogP contribution in [0.3, 0.4) is 0 Å². The topological polar surface area (TPSA) is 131 Å². The van der Waals surface area contributed by atoms with Gasteiger partial charge in [-0.3, -0.25) is 24.6 Å². The second-order valence-electron chi connectivity index (χ2n) is 8.34. The van der Waals surface area contributed by atoms with Crippen LogP contribution in [0.25, 0.3) is 0 Å². The van der Waals surface area contributed by atoms with Crippen LogP contribution in [0.15, 0.2) is 48.5 Å². The van der Waals surface area contributed by atoms with Crippen LogP contribution in [0.1, 0.15) is 25.8 Å². The van der Waals surface area contributed by atoms with Crippen LogP contribution in [-0.2, 0) is 25.7 Å². The van der Waals surface area contributed by atoms with Crippen molar-refractivity contribution < 1.29 is 28.8 Å². The predicted octanol–water partition coefficient (Wildman–Crippen LogP) is 3.76. The molecule has 12 heteroatoms. The molecule has 2 fully saturated rings. The van der Waals surface area contributed by atoms with Crippen molar-refractivity contribution in [3.05, 3.63) is 64.2 Å². The van der Waals surface area contributed by atoms with Gasteiger partial charge < -0.3 is 14.8 Å². The molecule has 184 valence electrons. The van der Waals surface area contributed by atoms with Gasteiger partial charge in [-0.15, -0.1) is 11.8 Å². The summed E-state index contributed by atoms with van der Waals surface area (Å²) in [5, 5.41) is 13.3. The van der Waals surface area contributed by atoms with E-state index in [1.807, 2.05) is 31.2 Å². The van der Waals surface area contributed by atoms with Gasteiger partial charge in [-0.05, 0) is 36.8 Å². The van der Waals surface area contributed by atoms with Gasteiger partial charge in [-0.1, -0.05) is 34.7 Å². The van der Waals surface area contributed by atoms with E-state index in [1.165, 1.54) is 47.9 Å². The van der Waals surface area contributed by atoms with Crippen LogP contribution in [0, 0.1) is 10.1 Å². The Balaban J connectivity index is 0.000000347. The van der Waals surface area contributed by atoms with Gasteiger partial charge in [0.15, 0.2) is 11.5 Å². The minimum Gasteiger partial charge on any atom is -0.458 e. The fourth-order valence-corrected chi connectivity index (χ4v) is 6.81. The Kier molecular flexibility index (Phi) is 6.95. The van der Waals surface area contributed by atoms with Crippen LogP contribution in [0.4, 0.5) is 5.69 Å². The van der Waals surface area contributed by atoms with Gasteiger partial charge in [0.05, 0.1) is 21.5 Å². The number of hydrogen-bond acceptors (Lipinski definition) is 8. The molecule has 35 heavy (non-hydrogen) atoms. The van der Waals surface area contributed by atoms with E-state index in [0.717, 1.165) is 11.5 Å². The molecule has 0 aliphatic carbocycles. The van der Waals surface area contributed by atoms with E-state index < -0.39 is 27.2 Å². The summed E-state index contributed by atoms with van der Waals surface area (Å²) in [5.41, 5.74) is -1.10. The number of esters is 1.